The van der Waals surface area contributed by atoms with E-state index in [0.717, 1.165) is 37.3 Å². The largest absolute Gasteiger partial charge is 0.493 e. The second kappa shape index (κ2) is 14.2. The third-order valence-electron chi connectivity index (χ3n) is 6.74. The zero-order valence-corrected chi connectivity index (χ0v) is 21.9. The predicted octanol–water partition coefficient (Wildman–Crippen LogP) is 4.15. The van der Waals surface area contributed by atoms with Crippen LogP contribution < -0.4 is 14.8 Å². The quantitative estimate of drug-likeness (QED) is 0.360. The van der Waals surface area contributed by atoms with Crippen LogP contribution >= 0.6 is 0 Å². The first-order valence-corrected chi connectivity index (χ1v) is 12.4. The van der Waals surface area contributed by atoms with E-state index in [1.165, 1.54) is 22.3 Å². The van der Waals surface area contributed by atoms with Crippen molar-refractivity contribution in [3.63, 3.8) is 0 Å². The van der Waals surface area contributed by atoms with Crippen LogP contribution in [-0.2, 0) is 27.2 Å². The number of hydrogen-bond acceptors (Lipinski definition) is 6. The second-order valence-electron chi connectivity index (χ2n) is 8.99. The highest BCUT2D eigenvalue weighted by molar-refractivity contribution is 6.27. The van der Waals surface area contributed by atoms with Crippen LogP contribution in [0.15, 0.2) is 72.8 Å². The van der Waals surface area contributed by atoms with E-state index in [4.69, 9.17) is 34.0 Å². The maximum absolute atomic E-state index is 9.10. The summed E-state index contributed by atoms with van der Waals surface area (Å²) < 4.78 is 16.9. The third kappa shape index (κ3) is 7.57. The van der Waals surface area contributed by atoms with E-state index >= 15 is 0 Å². The fourth-order valence-electron chi connectivity index (χ4n) is 4.83. The molecule has 0 radical (unpaired) electrons. The zero-order chi connectivity index (χ0) is 27.5. The summed E-state index contributed by atoms with van der Waals surface area (Å²) in [6, 6.07) is 26.0. The minimum atomic E-state index is -1.82. The molecule has 3 aromatic rings. The highest BCUT2D eigenvalue weighted by Crippen LogP contribution is 2.35. The van der Waals surface area contributed by atoms with Crippen LogP contribution in [0.3, 0.4) is 0 Å². The average Bonchev–Trinajstić information content (AvgIpc) is 2.95. The molecule has 0 bridgehead atoms. The first-order valence-electron chi connectivity index (χ1n) is 12.4. The smallest absolute Gasteiger partial charge is 0.414 e. The van der Waals surface area contributed by atoms with Gasteiger partial charge < -0.3 is 29.7 Å². The lowest BCUT2D eigenvalue weighted by molar-refractivity contribution is -0.159. The molecule has 0 aliphatic heterocycles. The Balaban J connectivity index is 0.000000599. The van der Waals surface area contributed by atoms with Crippen LogP contribution in [0.5, 0.6) is 11.5 Å². The molecule has 0 fully saturated rings. The molecule has 4 rings (SSSR count). The number of hydrogen-bond donors (Lipinski definition) is 3. The van der Waals surface area contributed by atoms with Gasteiger partial charge in [-0.05, 0) is 53.8 Å². The molecule has 3 aromatic carbocycles. The van der Waals surface area contributed by atoms with Crippen molar-refractivity contribution in [1.29, 1.82) is 0 Å². The molecule has 8 nitrogen and oxygen atoms in total. The van der Waals surface area contributed by atoms with Crippen molar-refractivity contribution in [2.45, 2.75) is 37.3 Å². The van der Waals surface area contributed by atoms with Gasteiger partial charge in [-0.2, -0.15) is 0 Å². The van der Waals surface area contributed by atoms with Crippen LogP contribution in [0.2, 0.25) is 0 Å². The predicted molar refractivity (Wildman–Crippen MR) is 144 cm³/mol. The van der Waals surface area contributed by atoms with Crippen LogP contribution in [0.4, 0.5) is 0 Å². The number of carboxylic acids is 2. The van der Waals surface area contributed by atoms with Crippen molar-refractivity contribution in [2.24, 2.45) is 0 Å². The average molecular weight is 522 g/mol. The number of fused-ring (bicyclic) bond motifs is 1. The van der Waals surface area contributed by atoms with E-state index in [1.807, 2.05) is 7.11 Å². The third-order valence-corrected chi connectivity index (χ3v) is 6.74. The van der Waals surface area contributed by atoms with E-state index in [2.05, 4.69) is 78.1 Å². The summed E-state index contributed by atoms with van der Waals surface area (Å²) in [5.41, 5.74) is 5.29. The Morgan fingerprint density at radius 3 is 1.71 bits per heavy atom. The van der Waals surface area contributed by atoms with Gasteiger partial charge >= 0.3 is 11.9 Å². The Morgan fingerprint density at radius 2 is 1.29 bits per heavy atom. The molecule has 3 N–H and O–H groups in total. The number of aliphatic carboxylic acids is 2. The van der Waals surface area contributed by atoms with Crippen LogP contribution in [0.25, 0.3) is 0 Å². The zero-order valence-electron chi connectivity index (χ0n) is 21.9. The second-order valence-corrected chi connectivity index (χ2v) is 8.99. The van der Waals surface area contributed by atoms with Crippen LogP contribution in [0, 0.1) is 0 Å². The monoisotopic (exact) mass is 521 g/mol. The summed E-state index contributed by atoms with van der Waals surface area (Å²) in [6.45, 7) is 0.918. The number of carboxylic acid groups (broad SMARTS) is 2. The van der Waals surface area contributed by atoms with Gasteiger partial charge in [0.1, 0.15) is 0 Å². The molecular weight excluding hydrogens is 486 g/mol. The molecular formula is C30H35NO7. The molecule has 0 heterocycles. The molecule has 202 valence electrons. The topological polar surface area (TPSA) is 114 Å². The summed E-state index contributed by atoms with van der Waals surface area (Å²) in [7, 11) is 5.18. The van der Waals surface area contributed by atoms with Crippen molar-refractivity contribution in [2.75, 3.05) is 27.9 Å². The first kappa shape index (κ1) is 28.7. The van der Waals surface area contributed by atoms with Gasteiger partial charge in [-0.15, -0.1) is 0 Å². The number of ether oxygens (including phenoxy) is 3. The lowest BCUT2D eigenvalue weighted by Crippen LogP contribution is -2.47. The first-order chi connectivity index (χ1) is 18.4. The van der Waals surface area contributed by atoms with Gasteiger partial charge in [0.05, 0.1) is 20.3 Å². The van der Waals surface area contributed by atoms with Gasteiger partial charge in [0.2, 0.25) is 0 Å². The maximum atomic E-state index is 9.10. The molecule has 0 saturated carbocycles. The van der Waals surface area contributed by atoms with Gasteiger partial charge in [-0.1, -0.05) is 60.7 Å². The molecule has 0 spiro atoms. The van der Waals surface area contributed by atoms with E-state index < -0.39 is 11.9 Å². The molecule has 1 aliphatic rings. The van der Waals surface area contributed by atoms with E-state index in [-0.39, 0.29) is 12.1 Å². The van der Waals surface area contributed by atoms with Crippen LogP contribution in [-0.4, -0.2) is 62.2 Å². The maximum Gasteiger partial charge on any atom is 0.414 e. The fourth-order valence-corrected chi connectivity index (χ4v) is 4.83. The number of nitrogens with one attached hydrogen (secondary N) is 1. The van der Waals surface area contributed by atoms with Gasteiger partial charge in [0.15, 0.2) is 11.5 Å². The summed E-state index contributed by atoms with van der Waals surface area (Å²) >= 11 is 0. The van der Waals surface area contributed by atoms with E-state index in [0.29, 0.717) is 5.92 Å². The van der Waals surface area contributed by atoms with Crippen LogP contribution in [0.1, 0.15) is 34.6 Å². The molecule has 0 aromatic heterocycles. The fraction of sp³-hybridized carbons (Fsp3) is 0.333. The Hall–Kier alpha value is -3.88. The minimum Gasteiger partial charge on any atom is -0.493 e. The Bertz CT molecular complexity index is 1130. The number of carbonyl (C=O) groups is 2. The van der Waals surface area contributed by atoms with Crippen molar-refractivity contribution < 1.29 is 34.0 Å². The van der Waals surface area contributed by atoms with Crippen molar-refractivity contribution in [3.8, 4) is 11.5 Å². The molecule has 8 heteroatoms. The Labute approximate surface area is 223 Å². The molecule has 38 heavy (non-hydrogen) atoms. The van der Waals surface area contributed by atoms with Gasteiger partial charge in [0, 0.05) is 25.5 Å². The molecule has 2 atom stereocenters. The number of methoxy groups -OCH3 is 3. The van der Waals surface area contributed by atoms with E-state index in [1.54, 1.807) is 14.2 Å². The lowest BCUT2D eigenvalue weighted by atomic mass is 9.85. The Kier molecular flexibility index (Phi) is 10.7. The molecule has 0 unspecified atom stereocenters. The highest BCUT2D eigenvalue weighted by Gasteiger charge is 2.29. The molecule has 1 aliphatic carbocycles. The standard InChI is InChI=1S/C28H33NO3.C2H2O4/c1-30-26-17-23-19-28(32-3)27(31-2)18-22(23)16-25(26)29-15-14-24(20-10-6-4-7-11-20)21-12-8-5-9-13-21;3-1(4)2(5)6/h4-13,18-19,24-26,29H,14-17H2,1-3H3;(H,3,4)(H,5,6)/t25-,26-;/m0./s1. The lowest BCUT2D eigenvalue weighted by Gasteiger charge is -2.34. The number of benzene rings is 3. The molecule has 0 saturated heterocycles. The number of rotatable bonds is 9. The van der Waals surface area contributed by atoms with Crippen molar-refractivity contribution >= 4 is 11.9 Å². The van der Waals surface area contributed by atoms with E-state index in [9.17, 15) is 0 Å². The minimum absolute atomic E-state index is 0.132. The SMILES string of the molecule is COc1cc2c(cc1OC)C[C@H](OC)[C@@H](NCCC(c1ccccc1)c1ccccc1)C2.O=C(O)C(=O)O. The van der Waals surface area contributed by atoms with Crippen molar-refractivity contribution in [3.05, 3.63) is 95.1 Å². The summed E-state index contributed by atoms with van der Waals surface area (Å²) in [5.74, 6) is -1.72. The highest BCUT2D eigenvalue weighted by atomic mass is 16.5. The molecule has 0 amide bonds. The normalized spacial score (nSPS) is 16.1. The van der Waals surface area contributed by atoms with Crippen molar-refractivity contribution in [1.82, 2.24) is 5.32 Å². The van der Waals surface area contributed by atoms with Gasteiger partial charge in [-0.3, -0.25) is 0 Å². The summed E-state index contributed by atoms with van der Waals surface area (Å²) in [5, 5.41) is 18.6. The Morgan fingerprint density at radius 1 is 0.816 bits per heavy atom. The van der Waals surface area contributed by atoms with Gasteiger partial charge in [0.25, 0.3) is 0 Å². The van der Waals surface area contributed by atoms with Gasteiger partial charge in [-0.25, -0.2) is 9.59 Å². The summed E-state index contributed by atoms with van der Waals surface area (Å²) in [4.78, 5) is 18.2. The summed E-state index contributed by atoms with van der Waals surface area (Å²) in [6.07, 6.45) is 2.94.